The van der Waals surface area contributed by atoms with Crippen LogP contribution in [0.1, 0.15) is 30.9 Å². The van der Waals surface area contributed by atoms with Crippen LogP contribution in [0.4, 0.5) is 0 Å². The van der Waals surface area contributed by atoms with Crippen LogP contribution in [-0.2, 0) is 16.0 Å². The molecule has 0 aliphatic carbocycles. The van der Waals surface area contributed by atoms with Crippen LogP contribution in [0, 0.1) is 0 Å². The number of ether oxygens (including phenoxy) is 3. The second-order valence-electron chi connectivity index (χ2n) is 8.46. The lowest BCUT2D eigenvalue weighted by Crippen LogP contribution is -2.35. The molecule has 2 heterocycles. The summed E-state index contributed by atoms with van der Waals surface area (Å²) in [6, 6.07) is 19.8. The third-order valence-electron chi connectivity index (χ3n) is 6.05. The zero-order valence-corrected chi connectivity index (χ0v) is 20.2. The van der Waals surface area contributed by atoms with Gasteiger partial charge in [0.1, 0.15) is 18.5 Å². The van der Waals surface area contributed by atoms with E-state index in [2.05, 4.69) is 23.2 Å². The summed E-state index contributed by atoms with van der Waals surface area (Å²) in [4.78, 5) is 4.14. The van der Waals surface area contributed by atoms with Crippen molar-refractivity contribution in [2.24, 2.45) is 0 Å². The molecule has 0 spiro atoms. The van der Waals surface area contributed by atoms with Crippen molar-refractivity contribution in [3.8, 4) is 5.75 Å². The first kappa shape index (κ1) is 23.2. The molecular formula is C27H26Cl2N2O3. The van der Waals surface area contributed by atoms with Gasteiger partial charge >= 0.3 is 0 Å². The molecule has 0 amide bonds. The third kappa shape index (κ3) is 5.56. The summed E-state index contributed by atoms with van der Waals surface area (Å²) in [6.07, 6.45) is 7.46. The molecule has 3 atom stereocenters. The molecule has 0 N–H and O–H groups in total. The Balaban J connectivity index is 1.26. The molecule has 1 aromatic heterocycles. The minimum atomic E-state index is -0.352. The van der Waals surface area contributed by atoms with Gasteiger partial charge in [0, 0.05) is 33.4 Å². The summed E-state index contributed by atoms with van der Waals surface area (Å²) in [5.74, 6) is 0.871. The number of benzene rings is 3. The number of hydrogen-bond donors (Lipinski definition) is 0. The molecule has 0 saturated carbocycles. The van der Waals surface area contributed by atoms with E-state index in [0.29, 0.717) is 23.2 Å². The van der Waals surface area contributed by atoms with E-state index in [1.807, 2.05) is 47.2 Å². The number of halogens is 2. The molecule has 1 fully saturated rings. The molecule has 0 bridgehead atoms. The summed E-state index contributed by atoms with van der Waals surface area (Å²) in [6.45, 7) is 1.04. The van der Waals surface area contributed by atoms with Gasteiger partial charge in [-0.2, -0.15) is 0 Å². The highest BCUT2D eigenvalue weighted by Gasteiger charge is 2.28. The van der Waals surface area contributed by atoms with Crippen LogP contribution in [0.3, 0.4) is 0 Å². The summed E-state index contributed by atoms with van der Waals surface area (Å²) in [7, 11) is 0. The first-order chi connectivity index (χ1) is 16.7. The van der Waals surface area contributed by atoms with Gasteiger partial charge in [-0.15, -0.1) is 0 Å². The fourth-order valence-corrected chi connectivity index (χ4v) is 4.87. The smallest absolute Gasteiger partial charge is 0.159 e. The van der Waals surface area contributed by atoms with E-state index in [-0.39, 0.29) is 18.5 Å². The molecule has 1 saturated heterocycles. The van der Waals surface area contributed by atoms with Crippen molar-refractivity contribution in [3.05, 3.63) is 95.0 Å². The fraction of sp³-hybridized carbons (Fsp3) is 0.296. The van der Waals surface area contributed by atoms with Crippen LogP contribution >= 0.6 is 23.2 Å². The van der Waals surface area contributed by atoms with Crippen LogP contribution in [0.25, 0.3) is 10.8 Å². The second-order valence-corrected chi connectivity index (χ2v) is 9.30. The number of nitrogens with zero attached hydrogens (tertiary/aromatic N) is 2. The molecule has 5 nitrogen and oxygen atoms in total. The monoisotopic (exact) mass is 496 g/mol. The van der Waals surface area contributed by atoms with E-state index in [9.17, 15) is 0 Å². The largest absolute Gasteiger partial charge is 0.490 e. The highest BCUT2D eigenvalue weighted by atomic mass is 35.5. The Bertz CT molecular complexity index is 1230. The zero-order chi connectivity index (χ0) is 23.3. The van der Waals surface area contributed by atoms with Gasteiger partial charge in [-0.3, -0.25) is 0 Å². The highest BCUT2D eigenvalue weighted by molar-refractivity contribution is 6.35. The van der Waals surface area contributed by atoms with Crippen LogP contribution in [0.15, 0.2) is 79.4 Å². The predicted molar refractivity (Wildman–Crippen MR) is 134 cm³/mol. The molecule has 3 aromatic carbocycles. The van der Waals surface area contributed by atoms with E-state index in [0.717, 1.165) is 41.3 Å². The Labute approximate surface area is 209 Å². The van der Waals surface area contributed by atoms with Crippen LogP contribution in [0.2, 0.25) is 10.0 Å². The number of hydrogen-bond acceptors (Lipinski definition) is 4. The first-order valence-corrected chi connectivity index (χ1v) is 12.2. The van der Waals surface area contributed by atoms with Crippen LogP contribution in [-0.4, -0.2) is 28.6 Å². The van der Waals surface area contributed by atoms with Gasteiger partial charge in [0.2, 0.25) is 0 Å². The lowest BCUT2D eigenvalue weighted by atomic mass is 10.1. The van der Waals surface area contributed by atoms with E-state index in [4.69, 9.17) is 37.4 Å². The Hall–Kier alpha value is -2.57. The Morgan fingerprint density at radius 1 is 1.06 bits per heavy atom. The quantitative estimate of drug-likeness (QED) is 0.261. The molecule has 176 valence electrons. The zero-order valence-electron chi connectivity index (χ0n) is 18.6. The Kier molecular flexibility index (Phi) is 7.36. The molecular weight excluding hydrogens is 471 g/mol. The van der Waals surface area contributed by atoms with Crippen molar-refractivity contribution in [2.45, 2.75) is 44.3 Å². The summed E-state index contributed by atoms with van der Waals surface area (Å²) >= 11 is 12.6. The molecule has 5 rings (SSSR count). The number of rotatable bonds is 8. The van der Waals surface area contributed by atoms with Gasteiger partial charge in [-0.05, 0) is 42.8 Å². The van der Waals surface area contributed by atoms with Crippen molar-refractivity contribution < 1.29 is 14.2 Å². The van der Waals surface area contributed by atoms with E-state index >= 15 is 0 Å². The summed E-state index contributed by atoms with van der Waals surface area (Å²) < 4.78 is 20.9. The molecule has 1 aliphatic rings. The van der Waals surface area contributed by atoms with Crippen molar-refractivity contribution in [1.29, 1.82) is 0 Å². The fourth-order valence-electron chi connectivity index (χ4n) is 4.34. The van der Waals surface area contributed by atoms with E-state index < -0.39 is 0 Å². The first-order valence-electron chi connectivity index (χ1n) is 11.5. The molecule has 0 radical (unpaired) electrons. The minimum absolute atomic E-state index is 0.0488. The molecule has 4 aromatic rings. The standard InChI is InChI=1S/C27H26Cl2N2O3/c28-20-11-12-23(24(29)15-20)26(16-31-14-13-30-18-31)34-27-10-4-7-21(33-27)17-32-25-9-3-6-19-5-1-2-8-22(19)25/h1-3,5-6,8-9,11-15,18,21,26-27H,4,7,10,16-17H2. The Morgan fingerprint density at radius 2 is 1.94 bits per heavy atom. The molecule has 7 heteroatoms. The maximum atomic E-state index is 6.53. The van der Waals surface area contributed by atoms with Gasteiger partial charge in [-0.25, -0.2) is 4.98 Å². The normalized spacial score (nSPS) is 19.2. The third-order valence-corrected chi connectivity index (χ3v) is 6.61. The van der Waals surface area contributed by atoms with Gasteiger partial charge in [0.25, 0.3) is 0 Å². The van der Waals surface area contributed by atoms with Crippen LogP contribution < -0.4 is 4.74 Å². The second kappa shape index (κ2) is 10.8. The minimum Gasteiger partial charge on any atom is -0.490 e. The van der Waals surface area contributed by atoms with Crippen molar-refractivity contribution in [3.63, 3.8) is 0 Å². The average molecular weight is 497 g/mol. The Morgan fingerprint density at radius 3 is 2.79 bits per heavy atom. The number of fused-ring (bicyclic) bond motifs is 1. The van der Waals surface area contributed by atoms with Crippen molar-refractivity contribution in [2.75, 3.05) is 6.61 Å². The summed E-state index contributed by atoms with van der Waals surface area (Å²) in [5, 5.41) is 3.43. The van der Waals surface area contributed by atoms with E-state index in [1.165, 1.54) is 0 Å². The highest BCUT2D eigenvalue weighted by Crippen LogP contribution is 2.33. The SMILES string of the molecule is Clc1ccc(C(Cn2ccnc2)OC2CCCC(COc3cccc4ccccc34)O2)c(Cl)c1. The number of imidazole rings is 1. The molecule has 34 heavy (non-hydrogen) atoms. The number of aromatic nitrogens is 2. The van der Waals surface area contributed by atoms with Crippen LogP contribution in [0.5, 0.6) is 5.75 Å². The van der Waals surface area contributed by atoms with Gasteiger partial charge in [-0.1, -0.05) is 65.7 Å². The maximum Gasteiger partial charge on any atom is 0.159 e. The molecule has 1 aliphatic heterocycles. The lowest BCUT2D eigenvalue weighted by Gasteiger charge is -2.33. The summed E-state index contributed by atoms with van der Waals surface area (Å²) in [5.41, 5.74) is 0.873. The van der Waals surface area contributed by atoms with Crippen molar-refractivity contribution in [1.82, 2.24) is 9.55 Å². The van der Waals surface area contributed by atoms with Crippen molar-refractivity contribution >= 4 is 34.0 Å². The molecule has 3 unspecified atom stereocenters. The van der Waals surface area contributed by atoms with E-state index in [1.54, 1.807) is 18.6 Å². The lowest BCUT2D eigenvalue weighted by molar-refractivity contribution is -0.223. The topological polar surface area (TPSA) is 45.5 Å². The maximum absolute atomic E-state index is 6.53. The average Bonchev–Trinajstić information content (AvgIpc) is 3.36. The van der Waals surface area contributed by atoms with Gasteiger partial charge < -0.3 is 18.8 Å². The van der Waals surface area contributed by atoms with Gasteiger partial charge in [0.15, 0.2) is 6.29 Å². The predicted octanol–water partition coefficient (Wildman–Crippen LogP) is 7.08. The van der Waals surface area contributed by atoms with Gasteiger partial charge in [0.05, 0.1) is 19.0 Å².